The van der Waals surface area contributed by atoms with E-state index in [4.69, 9.17) is 5.73 Å². The summed E-state index contributed by atoms with van der Waals surface area (Å²) in [5.74, 6) is 0.345. The summed E-state index contributed by atoms with van der Waals surface area (Å²) in [5.41, 5.74) is 15.4. The normalized spacial score (nSPS) is 17.3. The number of fused-ring (bicyclic) bond motifs is 2. The van der Waals surface area contributed by atoms with Crippen LogP contribution in [-0.2, 0) is 23.1 Å². The van der Waals surface area contributed by atoms with E-state index in [1.54, 1.807) is 14.1 Å². The predicted molar refractivity (Wildman–Crippen MR) is 172 cm³/mol. The van der Waals surface area contributed by atoms with Gasteiger partial charge in [-0.1, -0.05) is 45.0 Å². The van der Waals surface area contributed by atoms with Crippen molar-refractivity contribution >= 4 is 23.3 Å². The Morgan fingerprint density at radius 2 is 1.70 bits per heavy atom. The molecule has 230 valence electrons. The van der Waals surface area contributed by atoms with Crippen LogP contribution in [0.25, 0.3) is 5.70 Å². The fourth-order valence-electron chi connectivity index (χ4n) is 5.79. The van der Waals surface area contributed by atoms with Crippen LogP contribution < -0.4 is 32.4 Å². The first kappa shape index (κ1) is 33.1. The van der Waals surface area contributed by atoms with Gasteiger partial charge < -0.3 is 32.4 Å². The second-order valence-corrected chi connectivity index (χ2v) is 11.1. The monoisotopic (exact) mass is 586 g/mol. The second kappa shape index (κ2) is 15.2. The van der Waals surface area contributed by atoms with Crippen LogP contribution in [0.5, 0.6) is 0 Å². The van der Waals surface area contributed by atoms with Crippen LogP contribution >= 0.6 is 0 Å². The summed E-state index contributed by atoms with van der Waals surface area (Å²) in [6.07, 6.45) is 3.51. The van der Waals surface area contributed by atoms with Crippen molar-refractivity contribution in [2.24, 2.45) is 16.8 Å². The third-order valence-corrected chi connectivity index (χ3v) is 8.39. The number of rotatable bonds is 14. The van der Waals surface area contributed by atoms with Crippen molar-refractivity contribution in [2.45, 2.75) is 57.4 Å². The van der Waals surface area contributed by atoms with Gasteiger partial charge in [0, 0.05) is 32.4 Å². The van der Waals surface area contributed by atoms with Gasteiger partial charge in [-0.2, -0.15) is 10.4 Å². The van der Waals surface area contributed by atoms with E-state index in [1.807, 2.05) is 31.3 Å². The number of carbonyl (C=O) groups is 2. The molecule has 10 nitrogen and oxygen atoms in total. The van der Waals surface area contributed by atoms with E-state index in [2.05, 4.69) is 70.4 Å². The Bertz CT molecular complexity index is 1330. The summed E-state index contributed by atoms with van der Waals surface area (Å²) in [4.78, 5) is 25.3. The van der Waals surface area contributed by atoms with E-state index in [-0.39, 0.29) is 18.4 Å². The number of benzene rings is 2. The van der Waals surface area contributed by atoms with Gasteiger partial charge in [-0.3, -0.25) is 9.59 Å². The molecule has 0 radical (unpaired) electrons. The minimum atomic E-state index is -0.847. The Kier molecular flexibility index (Phi) is 11.7. The number of amidine groups is 1. The molecule has 2 aromatic rings. The smallest absolute Gasteiger partial charge is 0.251 e. The van der Waals surface area contributed by atoms with Crippen molar-refractivity contribution in [1.29, 1.82) is 5.26 Å². The third-order valence-electron chi connectivity index (χ3n) is 8.39. The van der Waals surface area contributed by atoms with Gasteiger partial charge in [0.05, 0.1) is 18.0 Å². The second-order valence-electron chi connectivity index (χ2n) is 11.1. The number of hydrogen-bond donors (Lipinski definition) is 6. The molecule has 0 heterocycles. The molecular formula is C33H46N8O2. The van der Waals surface area contributed by atoms with Crippen molar-refractivity contribution in [1.82, 2.24) is 26.7 Å². The van der Waals surface area contributed by atoms with Crippen molar-refractivity contribution in [2.75, 3.05) is 34.2 Å². The van der Waals surface area contributed by atoms with Crippen molar-refractivity contribution < 1.29 is 9.59 Å². The summed E-state index contributed by atoms with van der Waals surface area (Å²) < 4.78 is 0. The van der Waals surface area contributed by atoms with E-state index in [0.717, 1.165) is 46.4 Å². The average Bonchev–Trinajstić information content (AvgIpc) is 3.16. The number of nitriles is 1. The van der Waals surface area contributed by atoms with Crippen LogP contribution in [0.15, 0.2) is 48.1 Å². The minimum Gasteiger partial charge on any atom is -0.388 e. The number of amides is 2. The van der Waals surface area contributed by atoms with Gasteiger partial charge in [-0.15, -0.1) is 0 Å². The Labute approximate surface area is 255 Å². The molecule has 0 saturated carbocycles. The number of hydrazone groups is 1. The lowest BCUT2D eigenvalue weighted by atomic mass is 9.68. The SMILES string of the molecule is C=C(NC)c1ccc2c(c1)CCc1cc(C(=O)NC)ccc1C2(CCNCC(=O)NC(C#N)C[C@@H](C)CC)/C(N)=N/NC. The van der Waals surface area contributed by atoms with E-state index in [0.29, 0.717) is 43.1 Å². The standard InChI is InChI=1S/C33H46N8O2/c1-7-21(2)16-27(19-34)40-30(42)20-39-15-14-33(32(35)41-38-6)28-12-10-23(22(3)36-4)17-24(28)8-9-25-18-26(31(43)37-5)11-13-29(25)33/h10-13,17-18,21,27,36,38-39H,3,7-9,14-16,20H2,1-2,4-6H3,(H2,35,41)(H,37,43)(H,40,42)/t21-,27?,33?/m0/s1. The topological polar surface area (TPSA) is 156 Å². The fraction of sp³-hybridized carbons (Fsp3) is 0.455. The maximum atomic E-state index is 12.7. The summed E-state index contributed by atoms with van der Waals surface area (Å²) in [6, 6.07) is 13.7. The highest BCUT2D eigenvalue weighted by atomic mass is 16.2. The number of aryl methyl sites for hydroxylation is 2. The molecular weight excluding hydrogens is 540 g/mol. The molecule has 3 rings (SSSR count). The van der Waals surface area contributed by atoms with Crippen LogP contribution in [-0.4, -0.2) is 57.9 Å². The zero-order chi connectivity index (χ0) is 31.6. The molecule has 0 spiro atoms. The predicted octanol–water partition coefficient (Wildman–Crippen LogP) is 2.54. The molecule has 10 heteroatoms. The molecule has 0 aliphatic heterocycles. The molecule has 0 fully saturated rings. The van der Waals surface area contributed by atoms with Gasteiger partial charge >= 0.3 is 0 Å². The Morgan fingerprint density at radius 3 is 2.26 bits per heavy atom. The summed E-state index contributed by atoms with van der Waals surface area (Å²) >= 11 is 0. The highest BCUT2D eigenvalue weighted by Crippen LogP contribution is 2.43. The molecule has 2 amide bonds. The maximum Gasteiger partial charge on any atom is 0.251 e. The number of nitrogens with zero attached hydrogens (tertiary/aromatic N) is 2. The highest BCUT2D eigenvalue weighted by Gasteiger charge is 2.43. The quantitative estimate of drug-likeness (QED) is 0.0860. The van der Waals surface area contributed by atoms with Gasteiger partial charge in [0.25, 0.3) is 5.91 Å². The van der Waals surface area contributed by atoms with Crippen LogP contribution in [0.1, 0.15) is 71.3 Å². The number of nitrogens with two attached hydrogens (primary N) is 1. The molecule has 0 saturated heterocycles. The van der Waals surface area contributed by atoms with Gasteiger partial charge in [0.1, 0.15) is 11.9 Å². The number of carbonyl (C=O) groups excluding carboxylic acids is 2. The first-order valence-corrected chi connectivity index (χ1v) is 14.9. The Hall–Kier alpha value is -4.36. The molecule has 43 heavy (non-hydrogen) atoms. The van der Waals surface area contributed by atoms with Crippen molar-refractivity contribution in [3.63, 3.8) is 0 Å². The number of hydrogen-bond acceptors (Lipinski definition) is 7. The molecule has 3 atom stereocenters. The lowest BCUT2D eigenvalue weighted by Crippen LogP contribution is -2.47. The summed E-state index contributed by atoms with van der Waals surface area (Å²) in [6.45, 7) is 8.79. The fourth-order valence-corrected chi connectivity index (χ4v) is 5.79. The van der Waals surface area contributed by atoms with Crippen LogP contribution in [0.2, 0.25) is 0 Å². The molecule has 1 aliphatic rings. The molecule has 7 N–H and O–H groups in total. The zero-order valence-corrected chi connectivity index (χ0v) is 26.1. The summed E-state index contributed by atoms with van der Waals surface area (Å²) in [7, 11) is 5.17. The average molecular weight is 587 g/mol. The zero-order valence-electron chi connectivity index (χ0n) is 26.1. The van der Waals surface area contributed by atoms with E-state index in [9.17, 15) is 14.9 Å². The molecule has 0 bridgehead atoms. The molecule has 1 aliphatic carbocycles. The molecule has 2 aromatic carbocycles. The van der Waals surface area contributed by atoms with Crippen LogP contribution in [0.4, 0.5) is 0 Å². The summed E-state index contributed by atoms with van der Waals surface area (Å²) in [5, 5.41) is 26.0. The molecule has 0 aromatic heterocycles. The maximum absolute atomic E-state index is 12.7. The van der Waals surface area contributed by atoms with Gasteiger partial charge in [-0.05, 0) is 84.2 Å². The Balaban J connectivity index is 2.02. The van der Waals surface area contributed by atoms with Gasteiger partial charge in [-0.25, -0.2) is 0 Å². The first-order valence-electron chi connectivity index (χ1n) is 14.9. The molecule has 2 unspecified atom stereocenters. The largest absolute Gasteiger partial charge is 0.388 e. The lowest BCUT2D eigenvalue weighted by molar-refractivity contribution is -0.120. The van der Waals surface area contributed by atoms with Crippen LogP contribution in [0.3, 0.4) is 0 Å². The lowest BCUT2D eigenvalue weighted by Gasteiger charge is -2.36. The van der Waals surface area contributed by atoms with Gasteiger partial charge in [0.2, 0.25) is 5.91 Å². The van der Waals surface area contributed by atoms with E-state index >= 15 is 0 Å². The van der Waals surface area contributed by atoms with Gasteiger partial charge in [0.15, 0.2) is 0 Å². The van der Waals surface area contributed by atoms with Crippen molar-refractivity contribution in [3.8, 4) is 6.07 Å². The van der Waals surface area contributed by atoms with Crippen molar-refractivity contribution in [3.05, 3.63) is 76.4 Å². The van der Waals surface area contributed by atoms with Crippen LogP contribution in [0, 0.1) is 17.2 Å². The number of nitrogens with one attached hydrogen (secondary N) is 5. The highest BCUT2D eigenvalue weighted by molar-refractivity contribution is 5.98. The Morgan fingerprint density at radius 1 is 1.07 bits per heavy atom. The van der Waals surface area contributed by atoms with E-state index in [1.165, 1.54) is 0 Å². The van der Waals surface area contributed by atoms with E-state index < -0.39 is 11.5 Å². The third kappa shape index (κ3) is 7.54. The first-order chi connectivity index (χ1) is 20.6. The minimum absolute atomic E-state index is 0.0636.